The van der Waals surface area contributed by atoms with Crippen molar-refractivity contribution in [3.8, 4) is 0 Å². The van der Waals surface area contributed by atoms with Crippen molar-refractivity contribution in [2.45, 2.75) is 44.2 Å². The van der Waals surface area contributed by atoms with Crippen LogP contribution in [0.1, 0.15) is 32.1 Å². The highest BCUT2D eigenvalue weighted by Crippen LogP contribution is 2.30. The molecule has 2 aromatic heterocycles. The van der Waals surface area contributed by atoms with E-state index in [4.69, 9.17) is 0 Å². The third kappa shape index (κ3) is 3.01. The molecule has 0 saturated heterocycles. The Morgan fingerprint density at radius 3 is 2.86 bits per heavy atom. The number of aromatic amines is 1. The number of rotatable bonds is 5. The molecule has 0 aliphatic heterocycles. The molecule has 0 radical (unpaired) electrons. The number of anilines is 1. The molecule has 1 fully saturated rings. The third-order valence-corrected chi connectivity index (χ3v) is 4.24. The van der Waals surface area contributed by atoms with Crippen LogP contribution in [0.3, 0.4) is 0 Å². The van der Waals surface area contributed by atoms with Crippen LogP contribution in [0, 0.1) is 0 Å². The van der Waals surface area contributed by atoms with Crippen molar-refractivity contribution in [1.29, 1.82) is 0 Å². The molecule has 1 aliphatic carbocycles. The molecule has 3 N–H and O–H groups in total. The first kappa shape index (κ1) is 14.3. The van der Waals surface area contributed by atoms with Crippen LogP contribution >= 0.6 is 0 Å². The average Bonchev–Trinajstić information content (AvgIpc) is 3.02. The maximum atomic E-state index is 9.90. The van der Waals surface area contributed by atoms with E-state index in [0.29, 0.717) is 12.6 Å². The summed E-state index contributed by atoms with van der Waals surface area (Å²) in [6, 6.07) is 2.33. The topological polar surface area (TPSA) is 85.3 Å². The Kier molecular flexibility index (Phi) is 4.36. The molecule has 0 bridgehead atoms. The summed E-state index contributed by atoms with van der Waals surface area (Å²) >= 11 is 0. The minimum Gasteiger partial charge on any atom is -0.394 e. The molecule has 114 valence electrons. The lowest BCUT2D eigenvalue weighted by Crippen LogP contribution is -2.43. The van der Waals surface area contributed by atoms with Gasteiger partial charge in [0.25, 0.3) is 0 Å². The van der Waals surface area contributed by atoms with Gasteiger partial charge in [-0.1, -0.05) is 19.3 Å². The second-order valence-corrected chi connectivity index (χ2v) is 5.72. The van der Waals surface area contributed by atoms with E-state index in [1.54, 1.807) is 6.33 Å². The molecule has 0 aromatic carbocycles. The summed E-state index contributed by atoms with van der Waals surface area (Å²) in [4.78, 5) is 13.9. The smallest absolute Gasteiger partial charge is 0.142 e. The molecular weight excluding hydrogens is 268 g/mol. The first-order valence-corrected chi connectivity index (χ1v) is 7.63. The normalized spacial score (nSPS) is 18.0. The van der Waals surface area contributed by atoms with Crippen molar-refractivity contribution < 1.29 is 10.2 Å². The molecule has 3 rings (SSSR count). The Morgan fingerprint density at radius 1 is 1.29 bits per heavy atom. The van der Waals surface area contributed by atoms with Crippen LogP contribution in [0.25, 0.3) is 11.0 Å². The van der Waals surface area contributed by atoms with E-state index in [0.717, 1.165) is 29.7 Å². The largest absolute Gasteiger partial charge is 0.394 e. The van der Waals surface area contributed by atoms with E-state index in [1.807, 2.05) is 12.3 Å². The fourth-order valence-electron chi connectivity index (χ4n) is 3.17. The lowest BCUT2D eigenvalue weighted by Gasteiger charge is -2.36. The summed E-state index contributed by atoms with van der Waals surface area (Å²) < 4.78 is 0. The predicted molar refractivity (Wildman–Crippen MR) is 81.2 cm³/mol. The summed E-state index contributed by atoms with van der Waals surface area (Å²) in [5, 5.41) is 20.1. The van der Waals surface area contributed by atoms with Gasteiger partial charge in [-0.2, -0.15) is 0 Å². The van der Waals surface area contributed by atoms with Gasteiger partial charge in [0.05, 0.1) is 18.1 Å². The number of nitrogens with one attached hydrogen (secondary N) is 1. The number of H-pyrrole nitrogens is 1. The minimum absolute atomic E-state index is 0.232. The van der Waals surface area contributed by atoms with Crippen LogP contribution in [0.4, 0.5) is 5.82 Å². The Morgan fingerprint density at radius 2 is 2.10 bits per heavy atom. The molecule has 1 atom stereocenters. The lowest BCUT2D eigenvalue weighted by atomic mass is 9.93. The Balaban J connectivity index is 1.95. The second kappa shape index (κ2) is 6.41. The molecular formula is C15H22N4O2. The molecule has 2 aromatic rings. The molecule has 2 heterocycles. The molecule has 1 unspecified atom stereocenters. The number of nitrogens with zero attached hydrogens (tertiary/aromatic N) is 3. The molecule has 6 heteroatoms. The number of hydrogen-bond acceptors (Lipinski definition) is 5. The van der Waals surface area contributed by atoms with Gasteiger partial charge in [-0.25, -0.2) is 9.97 Å². The van der Waals surface area contributed by atoms with Gasteiger partial charge in [0, 0.05) is 18.8 Å². The maximum Gasteiger partial charge on any atom is 0.142 e. The fourth-order valence-corrected chi connectivity index (χ4v) is 3.17. The summed E-state index contributed by atoms with van der Waals surface area (Å²) in [6.07, 6.45) is 8.55. The highest BCUT2D eigenvalue weighted by atomic mass is 16.3. The number of fused-ring (bicyclic) bond motifs is 1. The van der Waals surface area contributed by atoms with Crippen LogP contribution in [0.5, 0.6) is 0 Å². The van der Waals surface area contributed by atoms with Crippen molar-refractivity contribution in [1.82, 2.24) is 15.0 Å². The first-order valence-electron chi connectivity index (χ1n) is 7.63. The van der Waals surface area contributed by atoms with Crippen molar-refractivity contribution in [3.63, 3.8) is 0 Å². The highest BCUT2D eigenvalue weighted by molar-refractivity contribution is 5.87. The zero-order chi connectivity index (χ0) is 14.7. The van der Waals surface area contributed by atoms with Gasteiger partial charge in [0.2, 0.25) is 0 Å². The van der Waals surface area contributed by atoms with E-state index in [1.165, 1.54) is 19.3 Å². The zero-order valence-corrected chi connectivity index (χ0v) is 12.1. The molecule has 21 heavy (non-hydrogen) atoms. The second-order valence-electron chi connectivity index (χ2n) is 5.72. The molecule has 0 amide bonds. The van der Waals surface area contributed by atoms with Crippen LogP contribution in [-0.4, -0.2) is 50.5 Å². The maximum absolute atomic E-state index is 9.90. The monoisotopic (exact) mass is 290 g/mol. The van der Waals surface area contributed by atoms with E-state index in [9.17, 15) is 10.2 Å². The summed E-state index contributed by atoms with van der Waals surface area (Å²) in [5.41, 5.74) is 0.805. The van der Waals surface area contributed by atoms with Gasteiger partial charge in [0.1, 0.15) is 17.8 Å². The number of aromatic nitrogens is 3. The quantitative estimate of drug-likeness (QED) is 0.776. The van der Waals surface area contributed by atoms with Crippen molar-refractivity contribution >= 4 is 16.9 Å². The van der Waals surface area contributed by atoms with Gasteiger partial charge in [-0.15, -0.1) is 0 Å². The standard InChI is InChI=1S/C15H22N4O2/c20-9-12(21)8-19(11-4-2-1-3-5-11)15-13-6-7-16-14(13)17-10-18-15/h6-7,10-12,20-21H,1-5,8-9H2,(H,16,17,18). The van der Waals surface area contributed by atoms with Gasteiger partial charge in [0.15, 0.2) is 0 Å². The lowest BCUT2D eigenvalue weighted by molar-refractivity contribution is 0.0972. The van der Waals surface area contributed by atoms with Crippen LogP contribution < -0.4 is 4.90 Å². The summed E-state index contributed by atoms with van der Waals surface area (Å²) in [6.45, 7) is 0.170. The molecule has 1 aliphatic rings. The first-order chi connectivity index (χ1) is 10.3. The Bertz CT molecular complexity index is 580. The van der Waals surface area contributed by atoms with Gasteiger partial charge >= 0.3 is 0 Å². The third-order valence-electron chi connectivity index (χ3n) is 4.24. The van der Waals surface area contributed by atoms with E-state index in [-0.39, 0.29) is 6.61 Å². The van der Waals surface area contributed by atoms with Crippen LogP contribution in [-0.2, 0) is 0 Å². The summed E-state index contributed by atoms with van der Waals surface area (Å²) in [5.74, 6) is 0.848. The number of hydrogen-bond donors (Lipinski definition) is 3. The molecule has 6 nitrogen and oxygen atoms in total. The summed E-state index contributed by atoms with van der Waals surface area (Å²) in [7, 11) is 0. The number of aliphatic hydroxyl groups is 2. The van der Waals surface area contributed by atoms with Gasteiger partial charge in [-0.3, -0.25) is 0 Å². The van der Waals surface area contributed by atoms with E-state index in [2.05, 4.69) is 19.9 Å². The minimum atomic E-state index is -0.754. The zero-order valence-electron chi connectivity index (χ0n) is 12.1. The van der Waals surface area contributed by atoms with Crippen LogP contribution in [0.15, 0.2) is 18.6 Å². The fraction of sp³-hybridized carbons (Fsp3) is 0.600. The van der Waals surface area contributed by atoms with E-state index >= 15 is 0 Å². The Labute approximate surface area is 123 Å². The number of aliphatic hydroxyl groups excluding tert-OH is 2. The van der Waals surface area contributed by atoms with Crippen molar-refractivity contribution in [2.24, 2.45) is 0 Å². The Hall–Kier alpha value is -1.66. The molecule has 0 spiro atoms. The van der Waals surface area contributed by atoms with Crippen molar-refractivity contribution in [3.05, 3.63) is 18.6 Å². The van der Waals surface area contributed by atoms with Gasteiger partial charge < -0.3 is 20.1 Å². The predicted octanol–water partition coefficient (Wildman–Crippen LogP) is 1.45. The van der Waals surface area contributed by atoms with Crippen molar-refractivity contribution in [2.75, 3.05) is 18.1 Å². The van der Waals surface area contributed by atoms with E-state index < -0.39 is 6.10 Å². The average molecular weight is 290 g/mol. The van der Waals surface area contributed by atoms with Gasteiger partial charge in [-0.05, 0) is 18.9 Å². The van der Waals surface area contributed by atoms with Crippen LogP contribution in [0.2, 0.25) is 0 Å². The SMILES string of the molecule is OCC(O)CN(c1ncnc2[nH]ccc12)C1CCCCC1. The highest BCUT2D eigenvalue weighted by Gasteiger charge is 2.25. The molecule has 1 saturated carbocycles.